The average molecular weight is 418 g/mol. The zero-order valence-electron chi connectivity index (χ0n) is 12.3. The molecule has 2 nitrogen and oxygen atoms in total. The van der Waals surface area contributed by atoms with Gasteiger partial charge < -0.3 is 9.47 Å². The minimum absolute atomic E-state index is 0.137. The maximum Gasteiger partial charge on any atom is 0.212 e. The van der Waals surface area contributed by atoms with E-state index in [4.69, 9.17) is 9.47 Å². The molecule has 0 aromatic carbocycles. The first-order valence-electron chi connectivity index (χ1n) is 8.26. The van der Waals surface area contributed by atoms with E-state index in [0.29, 0.717) is 0 Å². The largest absolute Gasteiger partial charge is 0.331 e. The predicted molar refractivity (Wildman–Crippen MR) is 90.6 cm³/mol. The van der Waals surface area contributed by atoms with Gasteiger partial charge >= 0.3 is 0 Å². The first-order chi connectivity index (χ1) is 10.1. The molecule has 0 amide bonds. The highest BCUT2D eigenvalue weighted by molar-refractivity contribution is 9.12. The Hall–Kier alpha value is 0.360. The van der Waals surface area contributed by atoms with Crippen LogP contribution in [0.5, 0.6) is 0 Å². The molecule has 21 heavy (non-hydrogen) atoms. The Bertz CT molecular complexity index is 451. The molecule has 4 heteroatoms. The monoisotopic (exact) mass is 416 g/mol. The van der Waals surface area contributed by atoms with E-state index in [1.807, 2.05) is 0 Å². The highest BCUT2D eigenvalue weighted by atomic mass is 79.9. The molecule has 4 aliphatic rings. The zero-order chi connectivity index (χ0) is 14.6. The van der Waals surface area contributed by atoms with E-state index in [1.165, 1.54) is 47.5 Å². The SMILES string of the molecule is BrC1=CC2(C=C(Br)C3(CCCCC3)O2)OC12CCCCC2. The third kappa shape index (κ3) is 2.32. The fraction of sp³-hybridized carbons (Fsp3) is 0.765. The van der Waals surface area contributed by atoms with E-state index in [1.54, 1.807) is 0 Å². The molecule has 4 rings (SSSR count). The van der Waals surface area contributed by atoms with Gasteiger partial charge in [-0.2, -0.15) is 0 Å². The Labute approximate surface area is 143 Å². The summed E-state index contributed by atoms with van der Waals surface area (Å²) in [5.41, 5.74) is -0.273. The van der Waals surface area contributed by atoms with Crippen LogP contribution in [0.4, 0.5) is 0 Å². The molecule has 3 spiro atoms. The molecule has 2 aliphatic carbocycles. The zero-order valence-corrected chi connectivity index (χ0v) is 15.5. The molecule has 0 unspecified atom stereocenters. The number of hydrogen-bond donors (Lipinski definition) is 0. The molecule has 0 N–H and O–H groups in total. The van der Waals surface area contributed by atoms with Crippen LogP contribution in [0.1, 0.15) is 64.2 Å². The normalized spacial score (nSPS) is 32.7. The van der Waals surface area contributed by atoms with Crippen LogP contribution in [0.15, 0.2) is 21.1 Å². The van der Waals surface area contributed by atoms with Crippen LogP contribution in [0.25, 0.3) is 0 Å². The van der Waals surface area contributed by atoms with Crippen molar-refractivity contribution in [2.45, 2.75) is 81.2 Å². The van der Waals surface area contributed by atoms with Gasteiger partial charge in [0.1, 0.15) is 11.2 Å². The molecule has 2 fully saturated rings. The summed E-state index contributed by atoms with van der Waals surface area (Å²) in [6.07, 6.45) is 16.4. The van der Waals surface area contributed by atoms with Crippen LogP contribution in [-0.4, -0.2) is 17.0 Å². The third-order valence-electron chi connectivity index (χ3n) is 5.56. The summed E-state index contributed by atoms with van der Waals surface area (Å²) in [5.74, 6) is -0.646. The number of ether oxygens (including phenoxy) is 2. The maximum atomic E-state index is 6.58. The molecule has 0 saturated heterocycles. The van der Waals surface area contributed by atoms with Crippen molar-refractivity contribution >= 4 is 31.9 Å². The lowest BCUT2D eigenvalue weighted by Gasteiger charge is -2.40. The van der Waals surface area contributed by atoms with Gasteiger partial charge in [-0.1, -0.05) is 70.4 Å². The summed E-state index contributed by atoms with van der Waals surface area (Å²) >= 11 is 7.57. The van der Waals surface area contributed by atoms with Crippen molar-refractivity contribution in [2.24, 2.45) is 0 Å². The summed E-state index contributed by atoms with van der Waals surface area (Å²) < 4.78 is 15.5. The molecule has 0 atom stereocenters. The van der Waals surface area contributed by atoms with Gasteiger partial charge in [0, 0.05) is 8.96 Å². The second kappa shape index (κ2) is 5.19. The summed E-state index contributed by atoms with van der Waals surface area (Å²) in [6, 6.07) is 0. The highest BCUT2D eigenvalue weighted by Gasteiger charge is 2.57. The second-order valence-corrected chi connectivity index (χ2v) is 8.73. The van der Waals surface area contributed by atoms with Crippen LogP contribution >= 0.6 is 31.9 Å². The van der Waals surface area contributed by atoms with Gasteiger partial charge in [0.15, 0.2) is 0 Å². The Morgan fingerprint density at radius 1 is 0.667 bits per heavy atom. The fourth-order valence-corrected chi connectivity index (χ4v) is 6.03. The Kier molecular flexibility index (Phi) is 3.68. The van der Waals surface area contributed by atoms with Crippen molar-refractivity contribution in [3.05, 3.63) is 21.1 Å². The lowest BCUT2D eigenvalue weighted by atomic mass is 9.85. The van der Waals surface area contributed by atoms with Crippen LogP contribution in [0, 0.1) is 0 Å². The van der Waals surface area contributed by atoms with E-state index < -0.39 is 5.79 Å². The first-order valence-corrected chi connectivity index (χ1v) is 9.85. The maximum absolute atomic E-state index is 6.58. The molecular formula is C17H22Br2O2. The van der Waals surface area contributed by atoms with E-state index in [9.17, 15) is 0 Å². The summed E-state index contributed by atoms with van der Waals surface area (Å²) in [7, 11) is 0. The Morgan fingerprint density at radius 2 is 1.05 bits per heavy atom. The van der Waals surface area contributed by atoms with E-state index in [0.717, 1.165) is 25.7 Å². The molecule has 2 saturated carbocycles. The van der Waals surface area contributed by atoms with E-state index in [2.05, 4.69) is 44.0 Å². The van der Waals surface area contributed by atoms with Crippen LogP contribution in [0.3, 0.4) is 0 Å². The Balaban J connectivity index is 1.63. The minimum atomic E-state index is -0.646. The molecular weight excluding hydrogens is 396 g/mol. The minimum Gasteiger partial charge on any atom is -0.331 e. The van der Waals surface area contributed by atoms with Crippen molar-refractivity contribution in [1.29, 1.82) is 0 Å². The van der Waals surface area contributed by atoms with Crippen molar-refractivity contribution in [3.63, 3.8) is 0 Å². The summed E-state index contributed by atoms with van der Waals surface area (Å²) in [4.78, 5) is 0. The smallest absolute Gasteiger partial charge is 0.212 e. The summed E-state index contributed by atoms with van der Waals surface area (Å²) in [6.45, 7) is 0. The quantitative estimate of drug-likeness (QED) is 0.502. The lowest BCUT2D eigenvalue weighted by Crippen LogP contribution is -2.43. The molecule has 0 aromatic heterocycles. The van der Waals surface area contributed by atoms with Gasteiger partial charge in [0.2, 0.25) is 5.79 Å². The molecule has 116 valence electrons. The van der Waals surface area contributed by atoms with E-state index >= 15 is 0 Å². The molecule has 0 bridgehead atoms. The Morgan fingerprint density at radius 3 is 1.43 bits per heavy atom. The van der Waals surface area contributed by atoms with Crippen molar-refractivity contribution in [1.82, 2.24) is 0 Å². The van der Waals surface area contributed by atoms with Gasteiger partial charge in [-0.05, 0) is 37.8 Å². The topological polar surface area (TPSA) is 18.5 Å². The number of rotatable bonds is 0. The fourth-order valence-electron chi connectivity index (χ4n) is 4.43. The van der Waals surface area contributed by atoms with Crippen LogP contribution < -0.4 is 0 Å². The van der Waals surface area contributed by atoms with Gasteiger partial charge in [0.25, 0.3) is 0 Å². The second-order valence-electron chi connectivity index (χ2n) is 7.02. The van der Waals surface area contributed by atoms with Gasteiger partial charge in [-0.25, -0.2) is 0 Å². The molecule has 2 aliphatic heterocycles. The standard InChI is InChI=1S/C17H22Br2O2/c18-13-11-17(20-15(13)7-3-1-4-8-15)12-14(19)16(21-17)9-5-2-6-10-16/h11-12H,1-10H2. The summed E-state index contributed by atoms with van der Waals surface area (Å²) in [5, 5.41) is 0. The van der Waals surface area contributed by atoms with E-state index in [-0.39, 0.29) is 11.2 Å². The highest BCUT2D eigenvalue weighted by Crippen LogP contribution is 2.56. The predicted octanol–water partition coefficient (Wildman–Crippen LogP) is 5.71. The molecule has 2 heterocycles. The molecule has 0 radical (unpaired) electrons. The van der Waals surface area contributed by atoms with Gasteiger partial charge in [0.05, 0.1) is 0 Å². The average Bonchev–Trinajstić information content (AvgIpc) is 2.86. The van der Waals surface area contributed by atoms with Crippen LogP contribution in [0.2, 0.25) is 0 Å². The van der Waals surface area contributed by atoms with Crippen molar-refractivity contribution in [2.75, 3.05) is 0 Å². The first kappa shape index (κ1) is 14.9. The lowest BCUT2D eigenvalue weighted by molar-refractivity contribution is -0.245. The number of hydrogen-bond acceptors (Lipinski definition) is 2. The van der Waals surface area contributed by atoms with Gasteiger partial charge in [-0.3, -0.25) is 0 Å². The molecule has 0 aromatic rings. The van der Waals surface area contributed by atoms with Crippen LogP contribution in [-0.2, 0) is 9.47 Å². The number of halogens is 2. The van der Waals surface area contributed by atoms with Crippen molar-refractivity contribution < 1.29 is 9.47 Å². The van der Waals surface area contributed by atoms with Gasteiger partial charge in [-0.15, -0.1) is 0 Å². The van der Waals surface area contributed by atoms with Crippen molar-refractivity contribution in [3.8, 4) is 0 Å². The third-order valence-corrected chi connectivity index (χ3v) is 7.46.